The maximum atomic E-state index is 10.9. The van der Waals surface area contributed by atoms with Crippen molar-refractivity contribution < 1.29 is 4.79 Å². The van der Waals surface area contributed by atoms with Crippen LogP contribution in [0.4, 0.5) is 11.4 Å². The molecule has 0 bridgehead atoms. The van der Waals surface area contributed by atoms with Crippen LogP contribution in [0.1, 0.15) is 6.92 Å². The smallest absolute Gasteiger partial charge is 0.221 e. The quantitative estimate of drug-likeness (QED) is 0.472. The van der Waals surface area contributed by atoms with Gasteiger partial charge in [0.1, 0.15) is 0 Å². The van der Waals surface area contributed by atoms with Gasteiger partial charge >= 0.3 is 0 Å². The molecular formula is C12H10N4O. The Morgan fingerprint density at radius 2 is 1.94 bits per heavy atom. The highest BCUT2D eigenvalue weighted by molar-refractivity contribution is 5.93. The Kier molecular flexibility index (Phi) is 2.94. The van der Waals surface area contributed by atoms with E-state index in [1.165, 1.54) is 6.92 Å². The van der Waals surface area contributed by atoms with Crippen molar-refractivity contribution in [3.05, 3.63) is 46.8 Å². The summed E-state index contributed by atoms with van der Waals surface area (Å²) in [5.74, 6) is -0.102. The minimum Gasteiger partial charge on any atom is -0.326 e. The van der Waals surface area contributed by atoms with E-state index in [9.17, 15) is 4.79 Å². The number of carbonyl (C=O) groups is 1. The summed E-state index contributed by atoms with van der Waals surface area (Å²) in [6, 6.07) is 10.9. The molecule has 0 saturated carbocycles. The zero-order valence-electron chi connectivity index (χ0n) is 9.21. The molecule has 0 aliphatic heterocycles. The SMILES string of the molecule is CC(=O)Nc1ccc2cc(N=[N+]=[N-])ccc2c1. The van der Waals surface area contributed by atoms with Gasteiger partial charge < -0.3 is 5.32 Å². The van der Waals surface area contributed by atoms with Gasteiger partial charge in [0.25, 0.3) is 0 Å². The van der Waals surface area contributed by atoms with Gasteiger partial charge in [0.15, 0.2) is 0 Å². The normalized spacial score (nSPS) is 9.71. The first-order valence-electron chi connectivity index (χ1n) is 5.05. The fourth-order valence-electron chi connectivity index (χ4n) is 1.63. The van der Waals surface area contributed by atoms with Crippen molar-refractivity contribution in [2.24, 2.45) is 5.11 Å². The lowest BCUT2D eigenvalue weighted by Gasteiger charge is -2.04. The molecule has 17 heavy (non-hydrogen) atoms. The lowest BCUT2D eigenvalue weighted by molar-refractivity contribution is -0.114. The third kappa shape index (κ3) is 2.53. The summed E-state index contributed by atoms with van der Waals surface area (Å²) >= 11 is 0. The van der Waals surface area contributed by atoms with Gasteiger partial charge in [0, 0.05) is 23.2 Å². The van der Waals surface area contributed by atoms with Crippen molar-refractivity contribution in [1.29, 1.82) is 0 Å². The van der Waals surface area contributed by atoms with Crippen LogP contribution in [0, 0.1) is 0 Å². The van der Waals surface area contributed by atoms with Gasteiger partial charge in [-0.25, -0.2) is 0 Å². The highest BCUT2D eigenvalue weighted by Gasteiger charge is 1.99. The first-order valence-corrected chi connectivity index (χ1v) is 5.05. The summed E-state index contributed by atoms with van der Waals surface area (Å²) < 4.78 is 0. The van der Waals surface area contributed by atoms with Gasteiger partial charge in [0.05, 0.1) is 0 Å². The van der Waals surface area contributed by atoms with Crippen molar-refractivity contribution in [2.45, 2.75) is 6.92 Å². The highest BCUT2D eigenvalue weighted by Crippen LogP contribution is 2.24. The van der Waals surface area contributed by atoms with Crippen molar-refractivity contribution in [3.8, 4) is 0 Å². The average Bonchev–Trinajstić information content (AvgIpc) is 2.29. The molecule has 0 saturated heterocycles. The summed E-state index contributed by atoms with van der Waals surface area (Å²) in [4.78, 5) is 13.7. The molecule has 0 spiro atoms. The van der Waals surface area contributed by atoms with E-state index in [2.05, 4.69) is 15.3 Å². The van der Waals surface area contributed by atoms with Crippen LogP contribution in [0.5, 0.6) is 0 Å². The molecule has 0 aliphatic carbocycles. The van der Waals surface area contributed by atoms with Crippen LogP contribution in [-0.4, -0.2) is 5.91 Å². The van der Waals surface area contributed by atoms with Crippen molar-refractivity contribution in [1.82, 2.24) is 0 Å². The number of hydrogen-bond donors (Lipinski definition) is 1. The summed E-state index contributed by atoms with van der Waals surface area (Å²) in [5, 5.41) is 8.20. The van der Waals surface area contributed by atoms with Gasteiger partial charge in [-0.2, -0.15) is 0 Å². The van der Waals surface area contributed by atoms with Gasteiger partial charge in [0.2, 0.25) is 5.91 Å². The van der Waals surface area contributed by atoms with E-state index in [-0.39, 0.29) is 5.91 Å². The minimum absolute atomic E-state index is 0.102. The van der Waals surface area contributed by atoms with Crippen LogP contribution in [0.2, 0.25) is 0 Å². The van der Waals surface area contributed by atoms with Crippen LogP contribution >= 0.6 is 0 Å². The first kappa shape index (κ1) is 11.0. The van der Waals surface area contributed by atoms with Crippen molar-refractivity contribution in [3.63, 3.8) is 0 Å². The molecule has 0 heterocycles. The van der Waals surface area contributed by atoms with Crippen LogP contribution in [-0.2, 0) is 4.79 Å². The molecule has 1 amide bonds. The number of amides is 1. The zero-order chi connectivity index (χ0) is 12.3. The van der Waals surface area contributed by atoms with Gasteiger partial charge in [-0.05, 0) is 34.5 Å². The van der Waals surface area contributed by atoms with Crippen LogP contribution in [0.15, 0.2) is 41.5 Å². The third-order valence-electron chi connectivity index (χ3n) is 2.30. The Bertz CT molecular complexity index is 629. The standard InChI is InChI=1S/C12H10N4O/c1-8(17)14-11-4-2-10-7-12(15-16-13)5-3-9(10)6-11/h2-7H,1H3,(H,14,17). The molecule has 1 N–H and O–H groups in total. The summed E-state index contributed by atoms with van der Waals surface area (Å²) in [5.41, 5.74) is 9.67. The molecule has 5 nitrogen and oxygen atoms in total. The minimum atomic E-state index is -0.102. The molecule has 0 radical (unpaired) electrons. The van der Waals surface area contributed by atoms with E-state index in [4.69, 9.17) is 5.53 Å². The lowest BCUT2D eigenvalue weighted by Crippen LogP contribution is -2.05. The molecule has 2 aromatic carbocycles. The topological polar surface area (TPSA) is 77.9 Å². The lowest BCUT2D eigenvalue weighted by atomic mass is 10.1. The zero-order valence-corrected chi connectivity index (χ0v) is 9.21. The molecule has 2 aromatic rings. The predicted molar refractivity (Wildman–Crippen MR) is 67.1 cm³/mol. The Hall–Kier alpha value is -2.52. The summed E-state index contributed by atoms with van der Waals surface area (Å²) in [6.07, 6.45) is 0. The molecular weight excluding hydrogens is 216 g/mol. The fraction of sp³-hybridized carbons (Fsp3) is 0.0833. The number of nitrogens with zero attached hydrogens (tertiary/aromatic N) is 3. The number of azide groups is 1. The van der Waals surface area contributed by atoms with Gasteiger partial charge in [-0.1, -0.05) is 23.3 Å². The maximum absolute atomic E-state index is 10.9. The molecule has 0 fully saturated rings. The van der Waals surface area contributed by atoms with Crippen molar-refractivity contribution in [2.75, 3.05) is 5.32 Å². The first-order chi connectivity index (χ1) is 8.19. The molecule has 5 heteroatoms. The number of benzene rings is 2. The summed E-state index contributed by atoms with van der Waals surface area (Å²) in [7, 11) is 0. The molecule has 0 aliphatic rings. The Morgan fingerprint density at radius 3 is 2.65 bits per heavy atom. The van der Waals surface area contributed by atoms with Gasteiger partial charge in [-0.3, -0.25) is 4.79 Å². The number of carbonyl (C=O) groups excluding carboxylic acids is 1. The van der Waals surface area contributed by atoms with Crippen LogP contribution < -0.4 is 5.32 Å². The predicted octanol–water partition coefficient (Wildman–Crippen LogP) is 3.74. The van der Waals surface area contributed by atoms with E-state index >= 15 is 0 Å². The summed E-state index contributed by atoms with van der Waals surface area (Å²) in [6.45, 7) is 1.47. The molecule has 2 rings (SSSR count). The third-order valence-corrected chi connectivity index (χ3v) is 2.30. The van der Waals surface area contributed by atoms with E-state index in [1.807, 2.05) is 24.3 Å². The van der Waals surface area contributed by atoms with E-state index in [1.54, 1.807) is 12.1 Å². The number of nitrogens with one attached hydrogen (secondary N) is 1. The number of fused-ring (bicyclic) bond motifs is 1. The molecule has 0 aromatic heterocycles. The second-order valence-corrected chi connectivity index (χ2v) is 3.62. The fourth-order valence-corrected chi connectivity index (χ4v) is 1.63. The molecule has 84 valence electrons. The Morgan fingerprint density at radius 1 is 1.24 bits per heavy atom. The van der Waals surface area contributed by atoms with Crippen LogP contribution in [0.25, 0.3) is 21.2 Å². The molecule has 0 unspecified atom stereocenters. The largest absolute Gasteiger partial charge is 0.326 e. The van der Waals surface area contributed by atoms with E-state index in [0.29, 0.717) is 5.69 Å². The molecule has 0 atom stereocenters. The van der Waals surface area contributed by atoms with Crippen molar-refractivity contribution >= 4 is 28.1 Å². The average molecular weight is 226 g/mol. The monoisotopic (exact) mass is 226 g/mol. The second kappa shape index (κ2) is 4.55. The number of hydrogen-bond acceptors (Lipinski definition) is 2. The highest BCUT2D eigenvalue weighted by atomic mass is 16.1. The van der Waals surface area contributed by atoms with Gasteiger partial charge in [-0.15, -0.1) is 0 Å². The Labute approximate surface area is 97.7 Å². The maximum Gasteiger partial charge on any atom is 0.221 e. The second-order valence-electron chi connectivity index (χ2n) is 3.62. The Balaban J connectivity index is 2.46. The number of rotatable bonds is 2. The van der Waals surface area contributed by atoms with E-state index in [0.717, 1.165) is 16.5 Å². The van der Waals surface area contributed by atoms with Crippen LogP contribution in [0.3, 0.4) is 0 Å². The number of anilines is 1. The van der Waals surface area contributed by atoms with E-state index < -0.39 is 0 Å².